The van der Waals surface area contributed by atoms with Crippen LogP contribution in [0, 0.1) is 5.92 Å². The van der Waals surface area contributed by atoms with Crippen molar-refractivity contribution < 1.29 is 0 Å². The molecule has 0 saturated carbocycles. The predicted octanol–water partition coefficient (Wildman–Crippen LogP) is 2.00. The molecule has 0 aliphatic rings. The molecule has 0 aliphatic carbocycles. The van der Waals surface area contributed by atoms with E-state index in [4.69, 9.17) is 11.5 Å². The Balaban J connectivity index is 0. The Morgan fingerprint density at radius 2 is 1.47 bits per heavy atom. The van der Waals surface area contributed by atoms with Crippen LogP contribution < -0.4 is 11.5 Å². The highest BCUT2D eigenvalue weighted by molar-refractivity contribution is 5.85. The molecule has 0 radical (unpaired) electrons. The summed E-state index contributed by atoms with van der Waals surface area (Å²) in [7, 11) is 0. The van der Waals surface area contributed by atoms with Crippen LogP contribution in [0.1, 0.15) is 12.0 Å². The molecule has 0 saturated heterocycles. The molecule has 1 aromatic rings. The second kappa shape index (κ2) is 10.2. The summed E-state index contributed by atoms with van der Waals surface area (Å²) in [5.41, 5.74) is 12.5. The van der Waals surface area contributed by atoms with Crippen molar-refractivity contribution in [1.29, 1.82) is 0 Å². The van der Waals surface area contributed by atoms with Gasteiger partial charge in [0.15, 0.2) is 0 Å². The molecular weight excluding hydrogens is 231 g/mol. The van der Waals surface area contributed by atoms with Crippen LogP contribution in [0.5, 0.6) is 0 Å². The summed E-state index contributed by atoms with van der Waals surface area (Å²) >= 11 is 0. The third-order valence-corrected chi connectivity index (χ3v) is 2.35. The normalized spacial score (nSPS) is 9.27. The van der Waals surface area contributed by atoms with Gasteiger partial charge in [0.25, 0.3) is 0 Å². The average Bonchev–Trinajstić information content (AvgIpc) is 2.21. The van der Waals surface area contributed by atoms with Gasteiger partial charge in [0.1, 0.15) is 0 Å². The Kier molecular flexibility index (Phi) is 11.7. The maximum atomic E-state index is 5.57. The van der Waals surface area contributed by atoms with Gasteiger partial charge in [0.2, 0.25) is 0 Å². The largest absolute Gasteiger partial charge is 0.330 e. The second-order valence-electron chi connectivity index (χ2n) is 3.36. The fourth-order valence-electron chi connectivity index (χ4n) is 1.35. The maximum absolute atomic E-state index is 5.57. The molecule has 0 unspecified atom stereocenters. The Hall–Kier alpha value is -0.280. The lowest BCUT2D eigenvalue weighted by Gasteiger charge is -2.11. The van der Waals surface area contributed by atoms with Gasteiger partial charge >= 0.3 is 0 Å². The summed E-state index contributed by atoms with van der Waals surface area (Å²) in [5, 5.41) is 0. The highest BCUT2D eigenvalue weighted by atomic mass is 35.5. The summed E-state index contributed by atoms with van der Waals surface area (Å²) < 4.78 is 0. The van der Waals surface area contributed by atoms with E-state index in [1.54, 1.807) is 0 Å². The molecule has 88 valence electrons. The monoisotopic (exact) mass is 250 g/mol. The van der Waals surface area contributed by atoms with Gasteiger partial charge in [-0.15, -0.1) is 24.8 Å². The van der Waals surface area contributed by atoms with E-state index in [0.29, 0.717) is 19.0 Å². The van der Waals surface area contributed by atoms with Crippen LogP contribution in [0.4, 0.5) is 0 Å². The average molecular weight is 251 g/mol. The zero-order valence-electron chi connectivity index (χ0n) is 8.76. The number of rotatable bonds is 5. The quantitative estimate of drug-likeness (QED) is 0.840. The summed E-state index contributed by atoms with van der Waals surface area (Å²) in [6.07, 6.45) is 2.18. The number of hydrogen-bond donors (Lipinski definition) is 2. The fraction of sp³-hybridized carbons (Fsp3) is 0.455. The molecule has 1 aromatic carbocycles. The lowest BCUT2D eigenvalue weighted by molar-refractivity contribution is 0.508. The van der Waals surface area contributed by atoms with Crippen molar-refractivity contribution in [3.05, 3.63) is 35.9 Å². The highest BCUT2D eigenvalue weighted by Crippen LogP contribution is 2.07. The topological polar surface area (TPSA) is 52.0 Å². The van der Waals surface area contributed by atoms with E-state index in [1.165, 1.54) is 5.56 Å². The van der Waals surface area contributed by atoms with Gasteiger partial charge in [-0.25, -0.2) is 0 Å². The van der Waals surface area contributed by atoms with Gasteiger partial charge in [0.05, 0.1) is 0 Å². The summed E-state index contributed by atoms with van der Waals surface area (Å²) in [6, 6.07) is 10.4. The van der Waals surface area contributed by atoms with Crippen LogP contribution in [0.2, 0.25) is 0 Å². The van der Waals surface area contributed by atoms with Gasteiger partial charge in [-0.3, -0.25) is 0 Å². The lowest BCUT2D eigenvalue weighted by Crippen LogP contribution is -2.23. The Labute approximate surface area is 104 Å². The lowest BCUT2D eigenvalue weighted by atomic mass is 10.00. The number of aryl methyl sites for hydroxylation is 1. The molecule has 4 N–H and O–H groups in total. The summed E-state index contributed by atoms with van der Waals surface area (Å²) in [5.74, 6) is 0.472. The minimum atomic E-state index is 0. The fourth-order valence-corrected chi connectivity index (χ4v) is 1.35. The van der Waals surface area contributed by atoms with Gasteiger partial charge < -0.3 is 11.5 Å². The predicted molar refractivity (Wildman–Crippen MR) is 70.9 cm³/mol. The zero-order valence-corrected chi connectivity index (χ0v) is 10.4. The molecule has 1 rings (SSSR count). The third-order valence-electron chi connectivity index (χ3n) is 2.35. The molecule has 0 bridgehead atoms. The second-order valence-corrected chi connectivity index (χ2v) is 3.36. The van der Waals surface area contributed by atoms with Crippen molar-refractivity contribution in [2.75, 3.05) is 13.1 Å². The van der Waals surface area contributed by atoms with Gasteiger partial charge in [-0.1, -0.05) is 30.3 Å². The van der Waals surface area contributed by atoms with Crippen molar-refractivity contribution in [3.63, 3.8) is 0 Å². The summed E-state index contributed by atoms with van der Waals surface area (Å²) in [6.45, 7) is 1.40. The van der Waals surface area contributed by atoms with Crippen molar-refractivity contribution in [2.24, 2.45) is 17.4 Å². The molecule has 2 nitrogen and oxygen atoms in total. The van der Waals surface area contributed by atoms with Crippen molar-refractivity contribution in [1.82, 2.24) is 0 Å². The van der Waals surface area contributed by atoms with Crippen LogP contribution in [0.25, 0.3) is 0 Å². The molecule has 0 aromatic heterocycles. The first-order valence-corrected chi connectivity index (χ1v) is 4.81. The van der Waals surface area contributed by atoms with Crippen LogP contribution >= 0.6 is 24.8 Å². The molecule has 0 fully saturated rings. The maximum Gasteiger partial charge on any atom is -0.00367 e. The van der Waals surface area contributed by atoms with E-state index in [0.717, 1.165) is 12.8 Å². The first kappa shape index (κ1) is 17.1. The van der Waals surface area contributed by atoms with Crippen molar-refractivity contribution in [2.45, 2.75) is 12.8 Å². The SMILES string of the molecule is Cl.Cl.NCC(CN)CCc1ccccc1. The van der Waals surface area contributed by atoms with Crippen molar-refractivity contribution >= 4 is 24.8 Å². The number of benzene rings is 1. The zero-order chi connectivity index (χ0) is 9.52. The molecule has 15 heavy (non-hydrogen) atoms. The highest BCUT2D eigenvalue weighted by Gasteiger charge is 2.03. The van der Waals surface area contributed by atoms with E-state index in [9.17, 15) is 0 Å². The number of hydrogen-bond acceptors (Lipinski definition) is 2. The van der Waals surface area contributed by atoms with E-state index < -0.39 is 0 Å². The van der Waals surface area contributed by atoms with Crippen molar-refractivity contribution in [3.8, 4) is 0 Å². The van der Waals surface area contributed by atoms with E-state index >= 15 is 0 Å². The molecule has 0 aliphatic heterocycles. The molecule has 4 heteroatoms. The Bertz CT molecular complexity index is 225. The van der Waals surface area contributed by atoms with Crippen LogP contribution in [-0.4, -0.2) is 13.1 Å². The molecule has 0 amide bonds. The number of halogens is 2. The molecule has 0 spiro atoms. The molecule has 0 atom stereocenters. The van der Waals surface area contributed by atoms with E-state index in [1.807, 2.05) is 6.07 Å². The van der Waals surface area contributed by atoms with E-state index in [2.05, 4.69) is 24.3 Å². The minimum absolute atomic E-state index is 0. The minimum Gasteiger partial charge on any atom is -0.330 e. The van der Waals surface area contributed by atoms with Crippen LogP contribution in [0.15, 0.2) is 30.3 Å². The van der Waals surface area contributed by atoms with Crippen LogP contribution in [0.3, 0.4) is 0 Å². The standard InChI is InChI=1S/C11H18N2.2ClH/c12-8-11(9-13)7-6-10-4-2-1-3-5-10;;/h1-5,11H,6-9,12-13H2;2*1H. The summed E-state index contributed by atoms with van der Waals surface area (Å²) in [4.78, 5) is 0. The van der Waals surface area contributed by atoms with Gasteiger partial charge in [0, 0.05) is 0 Å². The molecule has 0 heterocycles. The van der Waals surface area contributed by atoms with Gasteiger partial charge in [-0.05, 0) is 37.4 Å². The molecular formula is C11H20Cl2N2. The Morgan fingerprint density at radius 3 is 1.93 bits per heavy atom. The van der Waals surface area contributed by atoms with Crippen LogP contribution in [-0.2, 0) is 6.42 Å². The first-order chi connectivity index (χ1) is 6.36. The first-order valence-electron chi connectivity index (χ1n) is 4.81. The number of nitrogens with two attached hydrogens (primary N) is 2. The Morgan fingerprint density at radius 1 is 0.933 bits per heavy atom. The smallest absolute Gasteiger partial charge is 0.00367 e. The third kappa shape index (κ3) is 6.74. The van der Waals surface area contributed by atoms with Gasteiger partial charge in [-0.2, -0.15) is 0 Å². The van der Waals surface area contributed by atoms with E-state index in [-0.39, 0.29) is 24.8 Å².